The van der Waals surface area contributed by atoms with Crippen molar-refractivity contribution in [1.29, 1.82) is 0 Å². The van der Waals surface area contributed by atoms with Gasteiger partial charge in [-0.1, -0.05) is 20.8 Å². The first kappa shape index (κ1) is 25.2. The van der Waals surface area contributed by atoms with Crippen LogP contribution in [0.2, 0.25) is 0 Å². The number of halogens is 2. The van der Waals surface area contributed by atoms with E-state index in [0.29, 0.717) is 40.2 Å². The van der Waals surface area contributed by atoms with E-state index < -0.39 is 11.6 Å². The van der Waals surface area contributed by atoms with Crippen molar-refractivity contribution in [2.75, 3.05) is 0 Å². The van der Waals surface area contributed by atoms with Gasteiger partial charge in [0.2, 0.25) is 0 Å². The van der Waals surface area contributed by atoms with Crippen LogP contribution in [0.1, 0.15) is 83.6 Å². The third kappa shape index (κ3) is 3.71. The molecule has 0 aliphatic heterocycles. The van der Waals surface area contributed by atoms with Crippen LogP contribution in [0.15, 0.2) is 12.1 Å². The lowest BCUT2D eigenvalue weighted by Gasteiger charge is -2.62. The van der Waals surface area contributed by atoms with Crippen LogP contribution in [-0.2, 0) is 6.42 Å². The molecule has 198 valence electrons. The van der Waals surface area contributed by atoms with E-state index in [-0.39, 0.29) is 28.6 Å². The highest BCUT2D eigenvalue weighted by Gasteiger charge is 2.63. The summed E-state index contributed by atoms with van der Waals surface area (Å²) < 4.78 is 28.5. The second-order valence-corrected chi connectivity index (χ2v) is 14.3. The molecule has 1 aromatic carbocycles. The van der Waals surface area contributed by atoms with Crippen molar-refractivity contribution < 1.29 is 19.0 Å². The minimum Gasteiger partial charge on any atom is -0.393 e. The van der Waals surface area contributed by atoms with Crippen LogP contribution in [0.5, 0.6) is 0 Å². The van der Waals surface area contributed by atoms with Crippen LogP contribution in [0.3, 0.4) is 0 Å². The Morgan fingerprint density at radius 1 is 1.06 bits per heavy atom. The molecular formula is C30H41F2NO2S. The zero-order valence-electron chi connectivity index (χ0n) is 21.9. The smallest absolute Gasteiger partial charge is 0.185 e. The Morgan fingerprint density at radius 2 is 1.86 bits per heavy atom. The molecule has 0 radical (unpaired) electrons. The molecule has 4 aliphatic carbocycles. The number of hydrogen-bond acceptors (Lipinski definition) is 4. The van der Waals surface area contributed by atoms with Crippen molar-refractivity contribution in [3.05, 3.63) is 28.8 Å². The second-order valence-electron chi connectivity index (χ2n) is 13.2. The third-order valence-corrected chi connectivity index (χ3v) is 12.9. The predicted molar refractivity (Wildman–Crippen MR) is 140 cm³/mol. The minimum absolute atomic E-state index is 0.0548. The van der Waals surface area contributed by atoms with Gasteiger partial charge in [-0.2, -0.15) is 0 Å². The number of benzene rings is 1. The summed E-state index contributed by atoms with van der Waals surface area (Å²) >= 11 is 1.47. The van der Waals surface area contributed by atoms with Gasteiger partial charge >= 0.3 is 0 Å². The third-order valence-electron chi connectivity index (χ3n) is 11.8. The van der Waals surface area contributed by atoms with Gasteiger partial charge in [-0.3, -0.25) is 0 Å². The number of aryl methyl sites for hydroxylation is 1. The van der Waals surface area contributed by atoms with Crippen LogP contribution in [0.25, 0.3) is 10.2 Å². The van der Waals surface area contributed by atoms with Crippen molar-refractivity contribution in [3.8, 4) is 0 Å². The lowest BCUT2D eigenvalue weighted by atomic mass is 9.43. The molecule has 2 aromatic rings. The number of aliphatic hydroxyl groups is 2. The summed E-state index contributed by atoms with van der Waals surface area (Å²) in [5.41, 5.74) is 0.361. The first-order chi connectivity index (χ1) is 17.1. The van der Waals surface area contributed by atoms with E-state index in [1.807, 2.05) is 0 Å². The molecule has 1 aromatic heterocycles. The van der Waals surface area contributed by atoms with Crippen LogP contribution in [-0.4, -0.2) is 27.4 Å². The van der Waals surface area contributed by atoms with E-state index in [1.165, 1.54) is 43.1 Å². The number of aliphatic hydroxyl groups excluding tert-OH is 2. The molecule has 0 spiro atoms. The van der Waals surface area contributed by atoms with E-state index in [9.17, 15) is 19.0 Å². The molecule has 0 bridgehead atoms. The number of fused-ring (bicyclic) bond motifs is 6. The molecule has 4 aliphatic rings. The van der Waals surface area contributed by atoms with Crippen molar-refractivity contribution in [3.63, 3.8) is 0 Å². The maximum absolute atomic E-state index is 14.1. The van der Waals surface area contributed by atoms with Crippen molar-refractivity contribution in [2.24, 2.45) is 46.3 Å². The van der Waals surface area contributed by atoms with Crippen LogP contribution in [0.4, 0.5) is 8.78 Å². The van der Waals surface area contributed by atoms with E-state index in [2.05, 4.69) is 25.8 Å². The molecule has 6 rings (SSSR count). The Kier molecular flexibility index (Phi) is 6.28. The summed E-state index contributed by atoms with van der Waals surface area (Å²) in [5, 5.41) is 22.9. The Balaban J connectivity index is 1.18. The molecular weight excluding hydrogens is 476 g/mol. The van der Waals surface area contributed by atoms with Gasteiger partial charge in [0, 0.05) is 0 Å². The number of hydrogen-bond donors (Lipinski definition) is 2. The van der Waals surface area contributed by atoms with Crippen molar-refractivity contribution >= 4 is 21.6 Å². The largest absolute Gasteiger partial charge is 0.393 e. The zero-order valence-corrected chi connectivity index (χ0v) is 22.7. The predicted octanol–water partition coefficient (Wildman–Crippen LogP) is 7.13. The molecule has 6 heteroatoms. The fourth-order valence-electron chi connectivity index (χ4n) is 9.80. The van der Waals surface area contributed by atoms with Crippen molar-refractivity contribution in [1.82, 2.24) is 4.98 Å². The molecule has 2 N–H and O–H groups in total. The van der Waals surface area contributed by atoms with Gasteiger partial charge in [-0.05, 0) is 123 Å². The fourth-order valence-corrected chi connectivity index (χ4v) is 10.8. The van der Waals surface area contributed by atoms with Gasteiger partial charge in [-0.25, -0.2) is 13.8 Å². The summed E-state index contributed by atoms with van der Waals surface area (Å²) in [7, 11) is 0. The molecule has 36 heavy (non-hydrogen) atoms. The highest BCUT2D eigenvalue weighted by molar-refractivity contribution is 7.18. The molecule has 1 unspecified atom stereocenters. The van der Waals surface area contributed by atoms with Crippen LogP contribution < -0.4 is 0 Å². The van der Waals surface area contributed by atoms with E-state index in [4.69, 9.17) is 0 Å². The Morgan fingerprint density at radius 3 is 2.67 bits per heavy atom. The summed E-state index contributed by atoms with van der Waals surface area (Å²) in [6, 6.07) is 2.81. The minimum atomic E-state index is -0.843. The summed E-state index contributed by atoms with van der Waals surface area (Å²) in [6.07, 6.45) is 10.0. The molecule has 3 nitrogen and oxygen atoms in total. The molecule has 0 amide bonds. The highest BCUT2D eigenvalue weighted by Crippen LogP contribution is 2.68. The zero-order chi connectivity index (χ0) is 25.4. The molecule has 4 fully saturated rings. The van der Waals surface area contributed by atoms with Gasteiger partial charge < -0.3 is 10.2 Å². The van der Waals surface area contributed by atoms with Gasteiger partial charge in [0.15, 0.2) is 11.6 Å². The Hall–Kier alpha value is -1.11. The maximum atomic E-state index is 14.1. The number of rotatable bonds is 4. The fraction of sp³-hybridized carbons (Fsp3) is 0.767. The second kappa shape index (κ2) is 8.98. The number of thiazole rings is 1. The van der Waals surface area contributed by atoms with Crippen LogP contribution >= 0.6 is 11.3 Å². The summed E-state index contributed by atoms with van der Waals surface area (Å²) in [5.74, 6) is 1.67. The maximum Gasteiger partial charge on any atom is 0.185 e. The van der Waals surface area contributed by atoms with E-state index in [0.717, 1.165) is 43.5 Å². The SMILES string of the molecule is CC(CCc1nc2c(F)c(F)ccc2s1)[C@H]1CC[C@H]2[C@@H]3CC[C@@H]4C[C@H](O)CC[C@]4(C)[C@H]3C[C@H](O)[C@]12C. The lowest BCUT2D eigenvalue weighted by Crippen LogP contribution is -2.58. The first-order valence-electron chi connectivity index (χ1n) is 14.2. The summed E-state index contributed by atoms with van der Waals surface area (Å²) in [4.78, 5) is 4.43. The Bertz CT molecular complexity index is 1140. The Labute approximate surface area is 217 Å². The van der Waals surface area contributed by atoms with Crippen LogP contribution in [0, 0.1) is 58.0 Å². The monoisotopic (exact) mass is 517 g/mol. The average molecular weight is 518 g/mol. The molecule has 10 atom stereocenters. The van der Waals surface area contributed by atoms with E-state index in [1.54, 1.807) is 6.07 Å². The quantitative estimate of drug-likeness (QED) is 0.453. The number of nitrogens with zero attached hydrogens (tertiary/aromatic N) is 1. The first-order valence-corrected chi connectivity index (χ1v) is 15.0. The van der Waals surface area contributed by atoms with Crippen molar-refractivity contribution in [2.45, 2.75) is 97.2 Å². The van der Waals surface area contributed by atoms with Gasteiger partial charge in [0.05, 0.1) is 21.9 Å². The van der Waals surface area contributed by atoms with Gasteiger partial charge in [0.1, 0.15) is 5.52 Å². The van der Waals surface area contributed by atoms with E-state index >= 15 is 0 Å². The summed E-state index contributed by atoms with van der Waals surface area (Å²) in [6.45, 7) is 7.17. The topological polar surface area (TPSA) is 53.4 Å². The highest BCUT2D eigenvalue weighted by atomic mass is 32.1. The van der Waals surface area contributed by atoms with Gasteiger partial charge in [0.25, 0.3) is 0 Å². The standard InChI is InChI=1S/C30H41F2NO2S/c1-16(4-11-26-33-28-24(36-26)10-9-23(31)27(28)32)20-7-8-21-19-6-5-17-14-18(34)12-13-29(17,2)22(19)15-25(35)30(20,21)3/h9-10,16-22,25,34-35H,4-8,11-15H2,1-3H3/t16?,17-,18-,19+,20-,21+,22+,25+,29+,30-/m1/s1. The molecule has 0 saturated heterocycles. The molecule has 1 heterocycles. The molecule has 4 saturated carbocycles. The number of aromatic nitrogens is 1. The van der Waals surface area contributed by atoms with Gasteiger partial charge in [-0.15, -0.1) is 11.3 Å². The lowest BCUT2D eigenvalue weighted by molar-refractivity contribution is -0.174. The average Bonchev–Trinajstić information content (AvgIpc) is 3.43. The normalized spacial score (nSPS) is 43.1.